The Morgan fingerprint density at radius 3 is 2.32 bits per heavy atom. The fourth-order valence-corrected chi connectivity index (χ4v) is 2.97. The molecule has 0 saturated heterocycles. The average molecular weight is 377 g/mol. The molecule has 28 heavy (non-hydrogen) atoms. The first kappa shape index (κ1) is 19.8. The van der Waals surface area contributed by atoms with Gasteiger partial charge in [-0.3, -0.25) is 0 Å². The zero-order valence-electron chi connectivity index (χ0n) is 17.2. The molecule has 0 unspecified atom stereocenters. The molecule has 0 N–H and O–H groups in total. The lowest BCUT2D eigenvalue weighted by atomic mass is 10.00. The van der Waals surface area contributed by atoms with Crippen molar-refractivity contribution in [2.45, 2.75) is 41.0 Å². The molecule has 0 radical (unpaired) electrons. The van der Waals surface area contributed by atoms with Crippen LogP contribution in [0.5, 0.6) is 17.5 Å². The van der Waals surface area contributed by atoms with Crippen LogP contribution in [0.2, 0.25) is 0 Å². The van der Waals surface area contributed by atoms with Crippen LogP contribution in [0.4, 0.5) is 0 Å². The first-order chi connectivity index (χ1) is 13.4. The van der Waals surface area contributed by atoms with Gasteiger partial charge in [0.2, 0.25) is 11.8 Å². The van der Waals surface area contributed by atoms with Crippen LogP contribution in [0, 0.1) is 26.7 Å². The number of nitrogens with zero attached hydrogens (tertiary/aromatic N) is 3. The number of aryl methyl sites for hydroxylation is 3. The molecule has 5 heteroatoms. The third kappa shape index (κ3) is 5.06. The van der Waals surface area contributed by atoms with Crippen molar-refractivity contribution in [3.05, 3.63) is 59.5 Å². The lowest BCUT2D eigenvalue weighted by Crippen LogP contribution is -2.02. The summed E-state index contributed by atoms with van der Waals surface area (Å²) in [7, 11) is 0. The quantitative estimate of drug-likeness (QED) is 0.530. The minimum atomic E-state index is 0.500. The fraction of sp³-hybridized carbons (Fsp3) is 0.348. The van der Waals surface area contributed by atoms with Gasteiger partial charge in [-0.05, 0) is 50.3 Å². The number of benzene rings is 1. The van der Waals surface area contributed by atoms with Crippen LogP contribution < -0.4 is 9.47 Å². The average Bonchev–Trinajstić information content (AvgIpc) is 2.62. The molecule has 0 spiro atoms. The second-order valence-electron chi connectivity index (χ2n) is 7.37. The monoisotopic (exact) mass is 377 g/mol. The third-order valence-electron chi connectivity index (χ3n) is 4.43. The summed E-state index contributed by atoms with van der Waals surface area (Å²) in [4.78, 5) is 13.3. The predicted molar refractivity (Wildman–Crippen MR) is 111 cm³/mol. The summed E-state index contributed by atoms with van der Waals surface area (Å²) in [5, 5.41) is 0. The van der Waals surface area contributed by atoms with E-state index in [-0.39, 0.29) is 0 Å². The first-order valence-electron chi connectivity index (χ1n) is 9.61. The van der Waals surface area contributed by atoms with Gasteiger partial charge in [-0.1, -0.05) is 32.0 Å². The van der Waals surface area contributed by atoms with Gasteiger partial charge in [0.1, 0.15) is 11.6 Å². The minimum Gasteiger partial charge on any atom is -0.478 e. The fourth-order valence-electron chi connectivity index (χ4n) is 2.97. The van der Waals surface area contributed by atoms with Crippen LogP contribution in [-0.4, -0.2) is 21.6 Å². The molecule has 5 nitrogen and oxygen atoms in total. The van der Waals surface area contributed by atoms with Gasteiger partial charge >= 0.3 is 0 Å². The summed E-state index contributed by atoms with van der Waals surface area (Å²) in [6, 6.07) is 11.7. The molecule has 2 aromatic heterocycles. The van der Waals surface area contributed by atoms with Crippen LogP contribution >= 0.6 is 0 Å². The highest BCUT2D eigenvalue weighted by Gasteiger charge is 2.11. The van der Waals surface area contributed by atoms with Crippen molar-refractivity contribution in [1.29, 1.82) is 0 Å². The Labute approximate surface area is 166 Å². The Kier molecular flexibility index (Phi) is 6.24. The van der Waals surface area contributed by atoms with E-state index in [4.69, 9.17) is 9.47 Å². The zero-order valence-corrected chi connectivity index (χ0v) is 17.2. The van der Waals surface area contributed by atoms with Crippen molar-refractivity contribution in [3.63, 3.8) is 0 Å². The topological polar surface area (TPSA) is 57.1 Å². The van der Waals surface area contributed by atoms with E-state index in [1.807, 2.05) is 25.1 Å². The Morgan fingerprint density at radius 1 is 0.929 bits per heavy atom. The molecule has 2 heterocycles. The largest absolute Gasteiger partial charge is 0.478 e. The lowest BCUT2D eigenvalue weighted by Gasteiger charge is -2.12. The van der Waals surface area contributed by atoms with E-state index in [9.17, 15) is 0 Å². The van der Waals surface area contributed by atoms with Gasteiger partial charge in [-0.15, -0.1) is 0 Å². The van der Waals surface area contributed by atoms with Crippen LogP contribution in [0.1, 0.15) is 37.2 Å². The molecule has 146 valence electrons. The molecule has 0 atom stereocenters. The lowest BCUT2D eigenvalue weighted by molar-refractivity contribution is 0.278. The van der Waals surface area contributed by atoms with Crippen LogP contribution in [-0.2, 0) is 0 Å². The molecule has 3 aromatic rings. The second kappa shape index (κ2) is 8.83. The highest BCUT2D eigenvalue weighted by atomic mass is 16.5. The van der Waals surface area contributed by atoms with Crippen molar-refractivity contribution < 1.29 is 9.47 Å². The van der Waals surface area contributed by atoms with Gasteiger partial charge in [-0.2, -0.15) is 4.98 Å². The van der Waals surface area contributed by atoms with E-state index < -0.39 is 0 Å². The molecule has 0 bridgehead atoms. The summed E-state index contributed by atoms with van der Waals surface area (Å²) < 4.78 is 11.6. The normalized spacial score (nSPS) is 10.9. The van der Waals surface area contributed by atoms with E-state index in [1.54, 1.807) is 6.20 Å². The van der Waals surface area contributed by atoms with Crippen LogP contribution in [0.15, 0.2) is 42.6 Å². The molecule has 0 amide bonds. The van der Waals surface area contributed by atoms with Crippen molar-refractivity contribution in [1.82, 2.24) is 15.0 Å². The summed E-state index contributed by atoms with van der Waals surface area (Å²) in [5.74, 6) is 2.98. The molecule has 0 aliphatic carbocycles. The molecule has 0 fully saturated rings. The van der Waals surface area contributed by atoms with Crippen LogP contribution in [0.3, 0.4) is 0 Å². The molecule has 1 aromatic carbocycles. The maximum absolute atomic E-state index is 5.93. The number of aromatic nitrogens is 3. The van der Waals surface area contributed by atoms with E-state index in [0.29, 0.717) is 35.9 Å². The van der Waals surface area contributed by atoms with Crippen molar-refractivity contribution >= 4 is 0 Å². The molecule has 0 aliphatic rings. The summed E-state index contributed by atoms with van der Waals surface area (Å²) >= 11 is 0. The first-order valence-corrected chi connectivity index (χ1v) is 9.61. The maximum Gasteiger partial charge on any atom is 0.223 e. The van der Waals surface area contributed by atoms with Gasteiger partial charge < -0.3 is 9.47 Å². The Hall–Kier alpha value is -2.95. The molecular formula is C23H27N3O2. The van der Waals surface area contributed by atoms with E-state index in [1.165, 1.54) is 11.1 Å². The van der Waals surface area contributed by atoms with Crippen molar-refractivity contribution in [2.75, 3.05) is 6.61 Å². The predicted octanol–water partition coefficient (Wildman–Crippen LogP) is 5.68. The van der Waals surface area contributed by atoms with Crippen LogP contribution in [0.25, 0.3) is 11.3 Å². The van der Waals surface area contributed by atoms with Gasteiger partial charge in [0.25, 0.3) is 0 Å². The highest BCUT2D eigenvalue weighted by molar-refractivity contribution is 5.68. The molecule has 0 aliphatic heterocycles. The van der Waals surface area contributed by atoms with Crippen molar-refractivity contribution in [3.8, 4) is 28.8 Å². The smallest absolute Gasteiger partial charge is 0.223 e. The molecule has 0 saturated carbocycles. The Morgan fingerprint density at radius 2 is 1.68 bits per heavy atom. The zero-order chi connectivity index (χ0) is 20.1. The SMILES string of the molecule is Cc1nc(Oc2ccc(OCCC(C)C)nc2)cc(-c2c(C)cccc2C)n1. The van der Waals surface area contributed by atoms with E-state index >= 15 is 0 Å². The Bertz CT molecular complexity index is 917. The van der Waals surface area contributed by atoms with Gasteiger partial charge in [-0.25, -0.2) is 9.97 Å². The summed E-state index contributed by atoms with van der Waals surface area (Å²) in [6.07, 6.45) is 2.65. The number of hydrogen-bond donors (Lipinski definition) is 0. The second-order valence-corrected chi connectivity index (χ2v) is 7.37. The Balaban J connectivity index is 1.77. The highest BCUT2D eigenvalue weighted by Crippen LogP contribution is 2.29. The molecular weight excluding hydrogens is 350 g/mol. The van der Waals surface area contributed by atoms with E-state index in [0.717, 1.165) is 17.7 Å². The van der Waals surface area contributed by atoms with E-state index in [2.05, 4.69) is 60.8 Å². The third-order valence-corrected chi connectivity index (χ3v) is 4.43. The van der Waals surface area contributed by atoms with Gasteiger partial charge in [0, 0.05) is 17.7 Å². The summed E-state index contributed by atoms with van der Waals surface area (Å²) in [6.45, 7) is 11.0. The minimum absolute atomic E-state index is 0.500. The number of rotatable bonds is 7. The number of ether oxygens (including phenoxy) is 2. The van der Waals surface area contributed by atoms with Crippen molar-refractivity contribution in [2.24, 2.45) is 5.92 Å². The van der Waals surface area contributed by atoms with Gasteiger partial charge in [0.05, 0.1) is 18.5 Å². The maximum atomic E-state index is 5.93. The number of pyridine rings is 1. The summed E-state index contributed by atoms with van der Waals surface area (Å²) in [5.41, 5.74) is 4.33. The van der Waals surface area contributed by atoms with Gasteiger partial charge in [0.15, 0.2) is 0 Å². The number of hydrogen-bond acceptors (Lipinski definition) is 5. The standard InChI is InChI=1S/C23H27N3O2/c1-15(2)11-12-27-21-10-9-19(14-24-21)28-22-13-20(25-18(5)26-22)23-16(3)7-6-8-17(23)4/h6-10,13-15H,11-12H2,1-5H3. The molecule has 3 rings (SSSR count).